The minimum atomic E-state index is -0.994. The fourth-order valence-electron chi connectivity index (χ4n) is 1.70. The first-order valence-corrected chi connectivity index (χ1v) is 6.90. The fraction of sp³-hybridized carbons (Fsp3) is 0.533. The number of methoxy groups -OCH3 is 1. The van der Waals surface area contributed by atoms with Gasteiger partial charge in [-0.25, -0.2) is 9.78 Å². The van der Waals surface area contributed by atoms with Crippen molar-refractivity contribution >= 4 is 12.1 Å². The van der Waals surface area contributed by atoms with Gasteiger partial charge in [0.2, 0.25) is 5.88 Å². The Morgan fingerprint density at radius 2 is 2.05 bits per heavy atom. The van der Waals surface area contributed by atoms with Gasteiger partial charge < -0.3 is 19.9 Å². The summed E-state index contributed by atoms with van der Waals surface area (Å²) in [6.45, 7) is 5.20. The molecule has 122 valence electrons. The molecule has 2 N–H and O–H groups in total. The second-order valence-corrected chi connectivity index (χ2v) is 5.83. The lowest BCUT2D eigenvalue weighted by Crippen LogP contribution is -2.37. The molecule has 1 unspecified atom stereocenters. The number of pyridine rings is 1. The quantitative estimate of drug-likeness (QED) is 0.832. The molecule has 1 atom stereocenters. The van der Waals surface area contributed by atoms with E-state index in [0.717, 1.165) is 5.56 Å². The molecule has 0 spiro atoms. The number of hydrogen-bond acceptors (Lipinski definition) is 5. The topological polar surface area (TPSA) is 97.8 Å². The van der Waals surface area contributed by atoms with Crippen molar-refractivity contribution in [2.75, 3.05) is 13.7 Å². The number of carbonyl (C=O) groups is 2. The van der Waals surface area contributed by atoms with Crippen LogP contribution in [0.25, 0.3) is 0 Å². The van der Waals surface area contributed by atoms with Crippen LogP contribution in [-0.4, -0.2) is 41.4 Å². The van der Waals surface area contributed by atoms with Crippen molar-refractivity contribution in [1.82, 2.24) is 10.3 Å². The lowest BCUT2D eigenvalue weighted by molar-refractivity contribution is -0.141. The number of aliphatic carboxylic acids is 1. The summed E-state index contributed by atoms with van der Waals surface area (Å²) in [7, 11) is 1.51. The zero-order chi connectivity index (χ0) is 16.8. The second kappa shape index (κ2) is 7.63. The van der Waals surface area contributed by atoms with Crippen molar-refractivity contribution in [2.45, 2.75) is 32.8 Å². The Labute approximate surface area is 129 Å². The number of carbonyl (C=O) groups excluding carboxylic acids is 1. The van der Waals surface area contributed by atoms with Crippen LogP contribution in [-0.2, 0) is 16.0 Å². The van der Waals surface area contributed by atoms with Crippen LogP contribution in [0.4, 0.5) is 4.79 Å². The van der Waals surface area contributed by atoms with Crippen LogP contribution in [0.2, 0.25) is 0 Å². The molecule has 1 heterocycles. The van der Waals surface area contributed by atoms with Gasteiger partial charge in [-0.15, -0.1) is 0 Å². The Balaban J connectivity index is 2.58. The van der Waals surface area contributed by atoms with Crippen molar-refractivity contribution in [1.29, 1.82) is 0 Å². The summed E-state index contributed by atoms with van der Waals surface area (Å²) in [6.07, 6.45) is 1.18. The van der Waals surface area contributed by atoms with Gasteiger partial charge in [-0.2, -0.15) is 0 Å². The monoisotopic (exact) mass is 310 g/mol. The van der Waals surface area contributed by atoms with E-state index in [1.807, 2.05) is 0 Å². The van der Waals surface area contributed by atoms with E-state index in [4.69, 9.17) is 9.47 Å². The molecule has 1 aromatic rings. The standard InChI is InChI=1S/C15H22N2O5/c1-15(2,3)22-14(20)17-9-11(13(18)19)7-10-5-6-12(21-4)16-8-10/h5-6,8,11H,7,9H2,1-4H3,(H,17,20)(H,18,19). The van der Waals surface area contributed by atoms with Crippen LogP contribution < -0.4 is 10.1 Å². The van der Waals surface area contributed by atoms with Crippen LogP contribution in [0.1, 0.15) is 26.3 Å². The van der Waals surface area contributed by atoms with Crippen LogP contribution >= 0.6 is 0 Å². The Hall–Kier alpha value is -2.31. The number of amides is 1. The van der Waals surface area contributed by atoms with Crippen molar-refractivity contribution in [2.24, 2.45) is 5.92 Å². The van der Waals surface area contributed by atoms with Crippen LogP contribution in [0.5, 0.6) is 5.88 Å². The van der Waals surface area contributed by atoms with Gasteiger partial charge in [0.15, 0.2) is 0 Å². The van der Waals surface area contributed by atoms with Crippen molar-refractivity contribution in [3.63, 3.8) is 0 Å². The summed E-state index contributed by atoms with van der Waals surface area (Å²) >= 11 is 0. The summed E-state index contributed by atoms with van der Waals surface area (Å²) in [5.74, 6) is -1.29. The molecule has 22 heavy (non-hydrogen) atoms. The molecule has 0 saturated heterocycles. The Bertz CT molecular complexity index is 508. The van der Waals surface area contributed by atoms with E-state index in [1.165, 1.54) is 7.11 Å². The third-order valence-corrected chi connectivity index (χ3v) is 2.73. The van der Waals surface area contributed by atoms with Crippen molar-refractivity contribution < 1.29 is 24.2 Å². The lowest BCUT2D eigenvalue weighted by atomic mass is 10.0. The largest absolute Gasteiger partial charge is 0.481 e. The van der Waals surface area contributed by atoms with Gasteiger partial charge in [-0.1, -0.05) is 6.07 Å². The lowest BCUT2D eigenvalue weighted by Gasteiger charge is -2.20. The normalized spacial score (nSPS) is 12.4. The smallest absolute Gasteiger partial charge is 0.407 e. The first-order chi connectivity index (χ1) is 10.2. The molecule has 1 aromatic heterocycles. The fourth-order valence-corrected chi connectivity index (χ4v) is 1.70. The molecular weight excluding hydrogens is 288 g/mol. The van der Waals surface area contributed by atoms with Gasteiger partial charge in [0, 0.05) is 18.8 Å². The maximum atomic E-state index is 11.6. The highest BCUT2D eigenvalue weighted by Gasteiger charge is 2.21. The van der Waals surface area contributed by atoms with Gasteiger partial charge in [0.25, 0.3) is 0 Å². The van der Waals surface area contributed by atoms with E-state index in [0.29, 0.717) is 5.88 Å². The Morgan fingerprint density at radius 3 is 2.50 bits per heavy atom. The zero-order valence-electron chi connectivity index (χ0n) is 13.3. The number of alkyl carbamates (subject to hydrolysis) is 1. The summed E-state index contributed by atoms with van der Waals surface area (Å²) in [6, 6.07) is 3.41. The predicted octanol–water partition coefficient (Wildman–Crippen LogP) is 1.86. The zero-order valence-corrected chi connectivity index (χ0v) is 13.3. The van der Waals surface area contributed by atoms with Gasteiger partial charge in [0.1, 0.15) is 5.60 Å². The van der Waals surface area contributed by atoms with Gasteiger partial charge in [0.05, 0.1) is 13.0 Å². The first-order valence-electron chi connectivity index (χ1n) is 6.90. The van der Waals surface area contributed by atoms with Crippen molar-refractivity contribution in [3.05, 3.63) is 23.9 Å². The molecule has 0 aliphatic heterocycles. The van der Waals surface area contributed by atoms with Crippen LogP contribution in [0.15, 0.2) is 18.3 Å². The molecule has 0 aromatic carbocycles. The van der Waals surface area contributed by atoms with E-state index >= 15 is 0 Å². The highest BCUT2D eigenvalue weighted by molar-refractivity contribution is 5.73. The maximum Gasteiger partial charge on any atom is 0.407 e. The van der Waals surface area contributed by atoms with E-state index in [-0.39, 0.29) is 13.0 Å². The summed E-state index contributed by atoms with van der Waals surface area (Å²) in [4.78, 5) is 26.9. The average molecular weight is 310 g/mol. The predicted molar refractivity (Wildman–Crippen MR) is 79.9 cm³/mol. The molecule has 0 bridgehead atoms. The molecular formula is C15H22N2O5. The number of ether oxygens (including phenoxy) is 2. The highest BCUT2D eigenvalue weighted by Crippen LogP contribution is 2.12. The third kappa shape index (κ3) is 6.43. The summed E-state index contributed by atoms with van der Waals surface area (Å²) < 4.78 is 10.0. The third-order valence-electron chi connectivity index (χ3n) is 2.73. The average Bonchev–Trinajstić information content (AvgIpc) is 2.41. The highest BCUT2D eigenvalue weighted by atomic mass is 16.6. The SMILES string of the molecule is COc1ccc(CC(CNC(=O)OC(C)(C)C)C(=O)O)cn1. The molecule has 1 rings (SSSR count). The molecule has 1 amide bonds. The Morgan fingerprint density at radius 1 is 1.36 bits per heavy atom. The number of carboxylic acid groups (broad SMARTS) is 1. The number of aromatic nitrogens is 1. The van der Waals surface area contributed by atoms with Crippen LogP contribution in [0, 0.1) is 5.92 Å². The molecule has 0 aliphatic rings. The molecule has 7 heteroatoms. The minimum Gasteiger partial charge on any atom is -0.481 e. The summed E-state index contributed by atoms with van der Waals surface area (Å²) in [5, 5.41) is 11.7. The van der Waals surface area contributed by atoms with E-state index < -0.39 is 23.6 Å². The maximum absolute atomic E-state index is 11.6. The van der Waals surface area contributed by atoms with E-state index in [9.17, 15) is 14.7 Å². The number of carboxylic acids is 1. The molecule has 0 saturated carbocycles. The Kier molecular flexibility index (Phi) is 6.15. The second-order valence-electron chi connectivity index (χ2n) is 5.83. The molecule has 0 aliphatic carbocycles. The van der Waals surface area contributed by atoms with Gasteiger partial charge in [-0.05, 0) is 32.8 Å². The van der Waals surface area contributed by atoms with E-state index in [2.05, 4.69) is 10.3 Å². The molecule has 0 radical (unpaired) electrons. The van der Waals surface area contributed by atoms with Gasteiger partial charge in [-0.3, -0.25) is 4.79 Å². The number of nitrogens with one attached hydrogen (secondary N) is 1. The number of nitrogens with zero attached hydrogens (tertiary/aromatic N) is 1. The summed E-state index contributed by atoms with van der Waals surface area (Å²) in [5.41, 5.74) is 0.127. The van der Waals surface area contributed by atoms with Gasteiger partial charge >= 0.3 is 12.1 Å². The first kappa shape index (κ1) is 17.7. The minimum absolute atomic E-state index is 0.0176. The molecule has 0 fully saturated rings. The van der Waals surface area contributed by atoms with Crippen LogP contribution in [0.3, 0.4) is 0 Å². The number of hydrogen-bond donors (Lipinski definition) is 2. The number of rotatable bonds is 6. The van der Waals surface area contributed by atoms with Crippen molar-refractivity contribution in [3.8, 4) is 5.88 Å². The molecule has 7 nitrogen and oxygen atoms in total. The van der Waals surface area contributed by atoms with E-state index in [1.54, 1.807) is 39.1 Å².